The van der Waals surface area contributed by atoms with Crippen molar-refractivity contribution >= 4 is 21.1 Å². The Morgan fingerprint density at radius 1 is 0.958 bits per heavy atom. The van der Waals surface area contributed by atoms with Crippen LogP contribution in [0.2, 0.25) is 0 Å². The fourth-order valence-corrected chi connectivity index (χ4v) is 3.71. The summed E-state index contributed by atoms with van der Waals surface area (Å²) in [6.45, 7) is 0.355. The molecule has 0 saturated carbocycles. The molecule has 6 heteroatoms. The molecule has 3 rings (SSSR count). The Kier molecular flexibility index (Phi) is 5.27. The van der Waals surface area contributed by atoms with Crippen molar-refractivity contribution < 1.29 is 8.42 Å². The number of aryl methyl sites for hydroxylation is 1. The van der Waals surface area contributed by atoms with Gasteiger partial charge in [-0.25, -0.2) is 18.1 Å². The standard InChI is InChI=1S/C18H21N3O2S/c22-24(23,14-6-9-15-7-2-1-3-8-15)19-13-12-18-20-16-10-4-5-11-17(16)21-18/h1-5,7-8,10-11,19H,6,9,12-14H2,(H,20,21). The van der Waals surface area contributed by atoms with E-state index in [1.54, 1.807) is 0 Å². The summed E-state index contributed by atoms with van der Waals surface area (Å²) in [6.07, 6.45) is 1.93. The second-order valence-corrected chi connectivity index (χ2v) is 7.68. The molecule has 0 fully saturated rings. The number of imidazole rings is 1. The summed E-state index contributed by atoms with van der Waals surface area (Å²) in [4.78, 5) is 7.64. The van der Waals surface area contributed by atoms with E-state index in [1.807, 2.05) is 54.6 Å². The van der Waals surface area contributed by atoms with Crippen molar-refractivity contribution in [2.45, 2.75) is 19.3 Å². The van der Waals surface area contributed by atoms with Gasteiger partial charge in [0.05, 0.1) is 16.8 Å². The molecule has 2 aromatic carbocycles. The maximum atomic E-state index is 12.0. The fourth-order valence-electron chi connectivity index (χ4n) is 2.63. The molecule has 1 aromatic heterocycles. The molecule has 0 radical (unpaired) electrons. The van der Waals surface area contributed by atoms with E-state index in [0.717, 1.165) is 28.8 Å². The molecule has 24 heavy (non-hydrogen) atoms. The first kappa shape index (κ1) is 16.7. The molecular formula is C18H21N3O2S. The van der Waals surface area contributed by atoms with Gasteiger partial charge in [-0.2, -0.15) is 0 Å². The van der Waals surface area contributed by atoms with Gasteiger partial charge < -0.3 is 4.98 Å². The maximum Gasteiger partial charge on any atom is 0.211 e. The molecule has 0 saturated heterocycles. The lowest BCUT2D eigenvalue weighted by Crippen LogP contribution is -2.28. The Balaban J connectivity index is 1.44. The number of hydrogen-bond donors (Lipinski definition) is 2. The van der Waals surface area contributed by atoms with Crippen LogP contribution in [0, 0.1) is 0 Å². The Hall–Kier alpha value is -2.18. The van der Waals surface area contributed by atoms with Gasteiger partial charge >= 0.3 is 0 Å². The summed E-state index contributed by atoms with van der Waals surface area (Å²) in [6, 6.07) is 17.7. The lowest BCUT2D eigenvalue weighted by atomic mass is 10.1. The number of benzene rings is 2. The van der Waals surface area contributed by atoms with Gasteiger partial charge in [0.25, 0.3) is 0 Å². The van der Waals surface area contributed by atoms with E-state index in [2.05, 4.69) is 14.7 Å². The topological polar surface area (TPSA) is 74.8 Å². The average Bonchev–Trinajstić information content (AvgIpc) is 2.98. The monoisotopic (exact) mass is 343 g/mol. The number of para-hydroxylation sites is 2. The summed E-state index contributed by atoms with van der Waals surface area (Å²) in [5.41, 5.74) is 3.03. The largest absolute Gasteiger partial charge is 0.342 e. The highest BCUT2D eigenvalue weighted by atomic mass is 32.2. The maximum absolute atomic E-state index is 12.0. The predicted molar refractivity (Wildman–Crippen MR) is 96.4 cm³/mol. The minimum Gasteiger partial charge on any atom is -0.342 e. The predicted octanol–water partition coefficient (Wildman–Crippen LogP) is 2.66. The number of nitrogens with one attached hydrogen (secondary N) is 2. The summed E-state index contributed by atoms with van der Waals surface area (Å²) < 4.78 is 26.7. The minimum atomic E-state index is -3.24. The van der Waals surface area contributed by atoms with Crippen molar-refractivity contribution in [2.24, 2.45) is 0 Å². The van der Waals surface area contributed by atoms with Gasteiger partial charge in [-0.15, -0.1) is 0 Å². The Bertz CT molecular complexity index is 856. The number of H-pyrrole nitrogens is 1. The fraction of sp³-hybridized carbons (Fsp3) is 0.278. The number of sulfonamides is 1. The molecule has 1 heterocycles. The highest BCUT2D eigenvalue weighted by Gasteiger charge is 2.10. The SMILES string of the molecule is O=S(=O)(CCCc1ccccc1)NCCc1nc2ccccc2[nH]1. The quantitative estimate of drug-likeness (QED) is 0.660. The van der Waals surface area contributed by atoms with E-state index >= 15 is 0 Å². The van der Waals surface area contributed by atoms with Gasteiger partial charge in [-0.1, -0.05) is 42.5 Å². The van der Waals surface area contributed by atoms with Gasteiger partial charge in [0.1, 0.15) is 5.82 Å². The van der Waals surface area contributed by atoms with Crippen molar-refractivity contribution in [1.82, 2.24) is 14.7 Å². The molecule has 0 aliphatic rings. The van der Waals surface area contributed by atoms with Crippen molar-refractivity contribution in [3.05, 3.63) is 66.0 Å². The zero-order chi connectivity index (χ0) is 16.8. The van der Waals surface area contributed by atoms with E-state index < -0.39 is 10.0 Å². The van der Waals surface area contributed by atoms with Crippen molar-refractivity contribution in [1.29, 1.82) is 0 Å². The van der Waals surface area contributed by atoms with Crippen molar-refractivity contribution in [3.8, 4) is 0 Å². The molecule has 0 aliphatic carbocycles. The Morgan fingerprint density at radius 3 is 2.50 bits per heavy atom. The Morgan fingerprint density at radius 2 is 1.71 bits per heavy atom. The van der Waals surface area contributed by atoms with Crippen LogP contribution in [0.1, 0.15) is 17.8 Å². The number of nitrogens with zero attached hydrogens (tertiary/aromatic N) is 1. The third-order valence-corrected chi connectivity index (χ3v) is 5.31. The van der Waals surface area contributed by atoms with Crippen LogP contribution < -0.4 is 4.72 Å². The number of hydrogen-bond acceptors (Lipinski definition) is 3. The first-order valence-corrected chi connectivity index (χ1v) is 9.72. The lowest BCUT2D eigenvalue weighted by Gasteiger charge is -2.06. The van der Waals surface area contributed by atoms with E-state index in [4.69, 9.17) is 0 Å². The van der Waals surface area contributed by atoms with E-state index in [-0.39, 0.29) is 5.75 Å². The molecule has 0 bridgehead atoms. The summed E-state index contributed by atoms with van der Waals surface area (Å²) >= 11 is 0. The van der Waals surface area contributed by atoms with Gasteiger partial charge in [0.15, 0.2) is 0 Å². The molecule has 5 nitrogen and oxygen atoms in total. The molecule has 126 valence electrons. The number of fused-ring (bicyclic) bond motifs is 1. The number of rotatable bonds is 8. The first-order chi connectivity index (χ1) is 11.6. The smallest absolute Gasteiger partial charge is 0.211 e. The normalized spacial score (nSPS) is 11.8. The molecule has 0 aliphatic heterocycles. The van der Waals surface area contributed by atoms with Crippen LogP contribution in [0.4, 0.5) is 0 Å². The van der Waals surface area contributed by atoms with Gasteiger partial charge in [-0.05, 0) is 30.5 Å². The van der Waals surface area contributed by atoms with E-state index in [1.165, 1.54) is 0 Å². The summed E-state index contributed by atoms with van der Waals surface area (Å²) in [5.74, 6) is 0.936. The number of aromatic amines is 1. The first-order valence-electron chi connectivity index (χ1n) is 8.07. The second kappa shape index (κ2) is 7.59. The molecule has 3 aromatic rings. The van der Waals surface area contributed by atoms with Crippen LogP contribution in [-0.2, 0) is 22.9 Å². The van der Waals surface area contributed by atoms with Gasteiger partial charge in [-0.3, -0.25) is 0 Å². The number of aromatic nitrogens is 2. The minimum absolute atomic E-state index is 0.141. The zero-order valence-corrected chi connectivity index (χ0v) is 14.2. The molecule has 2 N–H and O–H groups in total. The zero-order valence-electron chi connectivity index (χ0n) is 13.4. The van der Waals surface area contributed by atoms with Crippen molar-refractivity contribution in [3.63, 3.8) is 0 Å². The summed E-state index contributed by atoms with van der Waals surface area (Å²) in [7, 11) is -3.24. The van der Waals surface area contributed by atoms with Crippen LogP contribution in [0.25, 0.3) is 11.0 Å². The van der Waals surface area contributed by atoms with Crippen LogP contribution in [0.5, 0.6) is 0 Å². The molecule has 0 atom stereocenters. The van der Waals surface area contributed by atoms with Crippen LogP contribution >= 0.6 is 0 Å². The van der Waals surface area contributed by atoms with E-state index in [0.29, 0.717) is 19.4 Å². The molecule has 0 spiro atoms. The Labute approximate surface area is 142 Å². The lowest BCUT2D eigenvalue weighted by molar-refractivity contribution is 0.578. The molecule has 0 unspecified atom stereocenters. The van der Waals surface area contributed by atoms with Crippen LogP contribution in [0.3, 0.4) is 0 Å². The van der Waals surface area contributed by atoms with Crippen LogP contribution in [-0.4, -0.2) is 30.7 Å². The van der Waals surface area contributed by atoms with Gasteiger partial charge in [0, 0.05) is 13.0 Å². The van der Waals surface area contributed by atoms with Crippen molar-refractivity contribution in [2.75, 3.05) is 12.3 Å². The second-order valence-electron chi connectivity index (χ2n) is 5.75. The highest BCUT2D eigenvalue weighted by molar-refractivity contribution is 7.89. The third kappa shape index (κ3) is 4.66. The van der Waals surface area contributed by atoms with Crippen LogP contribution in [0.15, 0.2) is 54.6 Å². The average molecular weight is 343 g/mol. The van der Waals surface area contributed by atoms with E-state index in [9.17, 15) is 8.42 Å². The highest BCUT2D eigenvalue weighted by Crippen LogP contribution is 2.10. The summed E-state index contributed by atoms with van der Waals surface area (Å²) in [5, 5.41) is 0. The third-order valence-electron chi connectivity index (χ3n) is 3.84. The van der Waals surface area contributed by atoms with Gasteiger partial charge in [0.2, 0.25) is 10.0 Å². The molecular weight excluding hydrogens is 322 g/mol. The molecule has 0 amide bonds.